The number of hydrogen-bond acceptors (Lipinski definition) is 4. The molecule has 2 aromatic carbocycles. The smallest absolute Gasteiger partial charge is 0.243 e. The van der Waals surface area contributed by atoms with E-state index in [-0.39, 0.29) is 18.0 Å². The van der Waals surface area contributed by atoms with Gasteiger partial charge in [0.25, 0.3) is 0 Å². The van der Waals surface area contributed by atoms with Gasteiger partial charge in [-0.15, -0.1) is 6.58 Å². The van der Waals surface area contributed by atoms with Crippen LogP contribution in [0.1, 0.15) is 22.3 Å². The Morgan fingerprint density at radius 1 is 1.23 bits per heavy atom. The second-order valence-corrected chi connectivity index (χ2v) is 7.82. The third kappa shape index (κ3) is 3.96. The maximum absolute atomic E-state index is 13.2. The van der Waals surface area contributed by atoms with Gasteiger partial charge in [0.05, 0.1) is 23.6 Å². The van der Waals surface area contributed by atoms with Gasteiger partial charge in [0.1, 0.15) is 5.75 Å². The first kappa shape index (κ1) is 19.7. The van der Waals surface area contributed by atoms with Gasteiger partial charge in [-0.2, -0.15) is 9.57 Å². The van der Waals surface area contributed by atoms with Crippen molar-refractivity contribution in [2.24, 2.45) is 0 Å². The molecule has 0 N–H and O–H groups in total. The van der Waals surface area contributed by atoms with E-state index < -0.39 is 10.0 Å². The Bertz CT molecular complexity index is 960. The molecule has 0 saturated carbocycles. The molecule has 0 unspecified atom stereocenters. The van der Waals surface area contributed by atoms with E-state index in [9.17, 15) is 8.42 Å². The molecule has 0 spiro atoms. The predicted octanol–water partition coefficient (Wildman–Crippen LogP) is 3.56. The summed E-state index contributed by atoms with van der Waals surface area (Å²) in [6, 6.07) is 12.2. The molecule has 6 heteroatoms. The zero-order valence-corrected chi connectivity index (χ0v) is 16.0. The minimum atomic E-state index is -3.74. The Kier molecular flexibility index (Phi) is 6.19. The van der Waals surface area contributed by atoms with Crippen molar-refractivity contribution in [1.82, 2.24) is 4.31 Å². The lowest BCUT2D eigenvalue weighted by Gasteiger charge is -2.23. The molecule has 2 aromatic rings. The molecule has 0 aliphatic rings. The summed E-state index contributed by atoms with van der Waals surface area (Å²) in [7, 11) is -2.18. The van der Waals surface area contributed by atoms with Gasteiger partial charge in [0, 0.05) is 13.1 Å². The van der Waals surface area contributed by atoms with Crippen molar-refractivity contribution < 1.29 is 13.2 Å². The second kappa shape index (κ2) is 8.17. The summed E-state index contributed by atoms with van der Waals surface area (Å²) in [5.41, 5.74) is 2.69. The number of ether oxygens (including phenoxy) is 1. The Morgan fingerprint density at radius 3 is 2.58 bits per heavy atom. The molecule has 2 rings (SSSR count). The minimum Gasteiger partial charge on any atom is -0.496 e. The highest BCUT2D eigenvalue weighted by atomic mass is 32.2. The molecule has 0 heterocycles. The fraction of sp³-hybridized carbons (Fsp3) is 0.250. The fourth-order valence-corrected chi connectivity index (χ4v) is 4.42. The van der Waals surface area contributed by atoms with Crippen molar-refractivity contribution in [3.8, 4) is 11.8 Å². The molecular weight excluding hydrogens is 348 g/mol. The van der Waals surface area contributed by atoms with Crippen LogP contribution in [0.4, 0.5) is 0 Å². The van der Waals surface area contributed by atoms with Gasteiger partial charge in [0.2, 0.25) is 10.0 Å². The van der Waals surface area contributed by atoms with Gasteiger partial charge >= 0.3 is 0 Å². The average molecular weight is 370 g/mol. The van der Waals surface area contributed by atoms with Gasteiger partial charge in [-0.25, -0.2) is 8.42 Å². The van der Waals surface area contributed by atoms with Crippen LogP contribution in [-0.4, -0.2) is 26.4 Å². The van der Waals surface area contributed by atoms with Crippen molar-refractivity contribution in [3.05, 3.63) is 71.3 Å². The highest BCUT2D eigenvalue weighted by Gasteiger charge is 2.26. The third-order valence-corrected chi connectivity index (χ3v) is 6.23. The van der Waals surface area contributed by atoms with Crippen molar-refractivity contribution >= 4 is 10.0 Å². The number of hydrogen-bond donors (Lipinski definition) is 0. The normalized spacial score (nSPS) is 11.2. The van der Waals surface area contributed by atoms with Crippen molar-refractivity contribution in [1.29, 1.82) is 5.26 Å². The van der Waals surface area contributed by atoms with E-state index in [4.69, 9.17) is 10.00 Å². The van der Waals surface area contributed by atoms with Gasteiger partial charge in [-0.1, -0.05) is 18.2 Å². The summed E-state index contributed by atoms with van der Waals surface area (Å²) < 4.78 is 33.1. The van der Waals surface area contributed by atoms with E-state index in [2.05, 4.69) is 12.6 Å². The molecule has 0 aliphatic heterocycles. The van der Waals surface area contributed by atoms with Crippen LogP contribution >= 0.6 is 0 Å². The van der Waals surface area contributed by atoms with Crippen LogP contribution in [0.5, 0.6) is 5.75 Å². The lowest BCUT2D eigenvalue weighted by atomic mass is 10.1. The quantitative estimate of drug-likeness (QED) is 0.699. The van der Waals surface area contributed by atoms with Crippen molar-refractivity contribution in [3.63, 3.8) is 0 Å². The maximum Gasteiger partial charge on any atom is 0.243 e. The first-order valence-corrected chi connectivity index (χ1v) is 9.53. The molecule has 0 fully saturated rings. The van der Waals surface area contributed by atoms with Crippen LogP contribution in [0.3, 0.4) is 0 Å². The average Bonchev–Trinajstić information content (AvgIpc) is 2.63. The van der Waals surface area contributed by atoms with Crippen LogP contribution < -0.4 is 4.74 Å². The summed E-state index contributed by atoms with van der Waals surface area (Å²) in [5, 5.41) is 9.04. The van der Waals surface area contributed by atoms with Crippen LogP contribution in [0, 0.1) is 25.2 Å². The van der Waals surface area contributed by atoms with Gasteiger partial charge in [0.15, 0.2) is 0 Å². The molecule has 0 aromatic heterocycles. The van der Waals surface area contributed by atoms with Crippen LogP contribution in [0.2, 0.25) is 0 Å². The summed E-state index contributed by atoms with van der Waals surface area (Å²) >= 11 is 0. The highest BCUT2D eigenvalue weighted by molar-refractivity contribution is 7.89. The monoisotopic (exact) mass is 370 g/mol. The standard InChI is InChI=1S/C20H22N2O3S/c1-5-11-22(14-18-8-6-7-17(12-18)13-21)26(23,24)20-10-9-19(25-4)15(2)16(20)3/h5-10,12H,1,11,14H2,2-4H3. The van der Waals surface area contributed by atoms with Crippen LogP contribution in [0.15, 0.2) is 53.9 Å². The Labute approximate surface area is 155 Å². The molecular formula is C20H22N2O3S. The number of sulfonamides is 1. The summed E-state index contributed by atoms with van der Waals surface area (Å²) in [4.78, 5) is 0.245. The lowest BCUT2D eigenvalue weighted by Crippen LogP contribution is -2.31. The molecule has 0 aliphatic carbocycles. The predicted molar refractivity (Wildman–Crippen MR) is 101 cm³/mol. The Balaban J connectivity index is 2.47. The molecule has 5 nitrogen and oxygen atoms in total. The molecule has 0 saturated heterocycles. The Hall–Kier alpha value is -2.62. The Morgan fingerprint density at radius 2 is 1.96 bits per heavy atom. The largest absolute Gasteiger partial charge is 0.496 e. The summed E-state index contributed by atoms with van der Waals surface area (Å²) in [6.07, 6.45) is 1.55. The van der Waals surface area contributed by atoms with E-state index >= 15 is 0 Å². The van der Waals surface area contributed by atoms with E-state index in [1.807, 2.05) is 6.92 Å². The second-order valence-electron chi connectivity index (χ2n) is 5.91. The summed E-state index contributed by atoms with van der Waals surface area (Å²) in [5.74, 6) is 0.651. The number of rotatable bonds is 7. The van der Waals surface area contributed by atoms with Gasteiger partial charge in [-0.3, -0.25) is 0 Å². The molecule has 0 amide bonds. The van der Waals surface area contributed by atoms with Gasteiger partial charge in [-0.05, 0) is 54.8 Å². The molecule has 0 bridgehead atoms. The van der Waals surface area contributed by atoms with E-state index in [0.29, 0.717) is 16.9 Å². The minimum absolute atomic E-state index is 0.161. The van der Waals surface area contributed by atoms with Crippen LogP contribution in [0.25, 0.3) is 0 Å². The molecule has 26 heavy (non-hydrogen) atoms. The fourth-order valence-electron chi connectivity index (χ4n) is 2.75. The topological polar surface area (TPSA) is 70.4 Å². The zero-order valence-electron chi connectivity index (χ0n) is 15.2. The number of benzene rings is 2. The van der Waals surface area contributed by atoms with Crippen molar-refractivity contribution in [2.45, 2.75) is 25.3 Å². The first-order valence-electron chi connectivity index (χ1n) is 8.09. The molecule has 0 atom stereocenters. The number of nitrogens with zero attached hydrogens (tertiary/aromatic N) is 2. The maximum atomic E-state index is 13.2. The van der Waals surface area contributed by atoms with E-state index in [1.165, 1.54) is 4.31 Å². The molecule has 0 radical (unpaired) electrons. The van der Waals surface area contributed by atoms with E-state index in [1.54, 1.807) is 56.5 Å². The number of methoxy groups -OCH3 is 1. The molecule has 136 valence electrons. The highest BCUT2D eigenvalue weighted by Crippen LogP contribution is 2.29. The van der Waals surface area contributed by atoms with Gasteiger partial charge < -0.3 is 4.74 Å². The van der Waals surface area contributed by atoms with E-state index in [0.717, 1.165) is 11.1 Å². The SMILES string of the molecule is C=CCN(Cc1cccc(C#N)c1)S(=O)(=O)c1ccc(OC)c(C)c1C. The number of nitriles is 1. The lowest BCUT2D eigenvalue weighted by molar-refractivity contribution is 0.410. The van der Waals surface area contributed by atoms with Crippen LogP contribution in [-0.2, 0) is 16.6 Å². The van der Waals surface area contributed by atoms with Crippen molar-refractivity contribution in [2.75, 3.05) is 13.7 Å². The zero-order chi connectivity index (χ0) is 19.3. The first-order chi connectivity index (χ1) is 12.3. The summed E-state index contributed by atoms with van der Waals surface area (Å²) in [6.45, 7) is 7.61. The third-order valence-electron chi connectivity index (χ3n) is 4.27.